The van der Waals surface area contributed by atoms with E-state index in [-0.39, 0.29) is 5.91 Å². The lowest BCUT2D eigenvalue weighted by Crippen LogP contribution is -2.30. The van der Waals surface area contributed by atoms with Crippen molar-refractivity contribution in [2.75, 3.05) is 12.4 Å². The number of anilines is 1. The number of amides is 1. The summed E-state index contributed by atoms with van der Waals surface area (Å²) in [5.41, 5.74) is 3.04. The molecule has 0 heterocycles. The second kappa shape index (κ2) is 7.86. The maximum absolute atomic E-state index is 12.5. The Morgan fingerprint density at radius 2 is 1.71 bits per heavy atom. The fraction of sp³-hybridized carbons (Fsp3) is 0.350. The number of para-hydroxylation sites is 1. The zero-order valence-electron chi connectivity index (χ0n) is 14.9. The number of hydrogen-bond donors (Lipinski definition) is 1. The van der Waals surface area contributed by atoms with Crippen molar-refractivity contribution in [3.8, 4) is 11.5 Å². The van der Waals surface area contributed by atoms with Gasteiger partial charge in [0.1, 0.15) is 11.5 Å². The minimum atomic E-state index is -0.614. The molecule has 2 aromatic rings. The first kappa shape index (κ1) is 17.9. The number of ether oxygens (including phenoxy) is 2. The van der Waals surface area contributed by atoms with Crippen LogP contribution in [0.1, 0.15) is 37.8 Å². The van der Waals surface area contributed by atoms with Crippen molar-refractivity contribution in [3.05, 3.63) is 53.6 Å². The summed E-state index contributed by atoms with van der Waals surface area (Å²) in [4.78, 5) is 12.5. The highest BCUT2D eigenvalue weighted by Crippen LogP contribution is 2.28. The lowest BCUT2D eigenvalue weighted by atomic mass is 9.98. The highest BCUT2D eigenvalue weighted by Gasteiger charge is 2.18. The van der Waals surface area contributed by atoms with E-state index in [0.29, 0.717) is 17.4 Å². The Morgan fingerprint density at radius 1 is 1.04 bits per heavy atom. The third kappa shape index (κ3) is 4.28. The van der Waals surface area contributed by atoms with Crippen LogP contribution >= 0.6 is 0 Å². The first-order valence-electron chi connectivity index (χ1n) is 8.13. The van der Waals surface area contributed by atoms with E-state index in [1.165, 1.54) is 0 Å². The Labute approximate surface area is 143 Å². The van der Waals surface area contributed by atoms with Gasteiger partial charge in [-0.3, -0.25) is 4.79 Å². The molecule has 0 aliphatic carbocycles. The molecule has 0 spiro atoms. The highest BCUT2D eigenvalue weighted by molar-refractivity contribution is 5.95. The maximum Gasteiger partial charge on any atom is 0.265 e. The van der Waals surface area contributed by atoms with Gasteiger partial charge in [-0.15, -0.1) is 0 Å². The van der Waals surface area contributed by atoms with Crippen molar-refractivity contribution in [3.63, 3.8) is 0 Å². The normalized spacial score (nSPS) is 11.9. The second-order valence-corrected chi connectivity index (χ2v) is 6.12. The first-order chi connectivity index (χ1) is 11.4. The molecule has 0 saturated heterocycles. The largest absolute Gasteiger partial charge is 0.497 e. The molecule has 1 atom stereocenters. The molecule has 0 aliphatic heterocycles. The molecule has 0 radical (unpaired) electrons. The summed E-state index contributed by atoms with van der Waals surface area (Å²) in [5, 5.41) is 3.01. The van der Waals surface area contributed by atoms with Crippen LogP contribution in [0.25, 0.3) is 0 Å². The molecular formula is C20H25NO3. The van der Waals surface area contributed by atoms with Gasteiger partial charge in [-0.25, -0.2) is 0 Å². The summed E-state index contributed by atoms with van der Waals surface area (Å²) in [6.45, 7) is 7.96. The SMILES string of the molecule is COc1cccc(OC(C)C(=O)Nc2c(C)cccc2C(C)C)c1. The van der Waals surface area contributed by atoms with Crippen molar-refractivity contribution >= 4 is 11.6 Å². The summed E-state index contributed by atoms with van der Waals surface area (Å²) >= 11 is 0. The van der Waals surface area contributed by atoms with Crippen molar-refractivity contribution in [2.45, 2.75) is 39.7 Å². The Kier molecular flexibility index (Phi) is 5.85. The molecular weight excluding hydrogens is 302 g/mol. The van der Waals surface area contributed by atoms with Crippen LogP contribution in [0.4, 0.5) is 5.69 Å². The molecule has 2 rings (SSSR count). The monoisotopic (exact) mass is 327 g/mol. The van der Waals surface area contributed by atoms with Gasteiger partial charge in [0.2, 0.25) is 0 Å². The minimum absolute atomic E-state index is 0.172. The van der Waals surface area contributed by atoms with E-state index in [4.69, 9.17) is 9.47 Å². The van der Waals surface area contributed by atoms with E-state index in [1.807, 2.05) is 37.3 Å². The van der Waals surface area contributed by atoms with Crippen LogP contribution in [0.2, 0.25) is 0 Å². The number of carbonyl (C=O) groups is 1. The number of nitrogens with one attached hydrogen (secondary N) is 1. The van der Waals surface area contributed by atoms with Crippen LogP contribution in [0.3, 0.4) is 0 Å². The molecule has 2 aromatic carbocycles. The van der Waals surface area contributed by atoms with Crippen molar-refractivity contribution in [2.24, 2.45) is 0 Å². The number of rotatable bonds is 6. The smallest absolute Gasteiger partial charge is 0.265 e. The van der Waals surface area contributed by atoms with Gasteiger partial charge >= 0.3 is 0 Å². The molecule has 1 unspecified atom stereocenters. The Bertz CT molecular complexity index is 710. The lowest BCUT2D eigenvalue weighted by molar-refractivity contribution is -0.122. The van der Waals surface area contributed by atoms with E-state index in [0.717, 1.165) is 16.8 Å². The van der Waals surface area contributed by atoms with Gasteiger partial charge in [0, 0.05) is 11.8 Å². The molecule has 4 heteroatoms. The molecule has 4 nitrogen and oxygen atoms in total. The summed E-state index contributed by atoms with van der Waals surface area (Å²) in [7, 11) is 1.60. The van der Waals surface area contributed by atoms with E-state index in [1.54, 1.807) is 26.2 Å². The van der Waals surface area contributed by atoms with E-state index < -0.39 is 6.10 Å². The van der Waals surface area contributed by atoms with E-state index in [9.17, 15) is 4.79 Å². The first-order valence-corrected chi connectivity index (χ1v) is 8.13. The fourth-order valence-corrected chi connectivity index (χ4v) is 2.50. The molecule has 0 bridgehead atoms. The second-order valence-electron chi connectivity index (χ2n) is 6.12. The van der Waals surface area contributed by atoms with Crippen molar-refractivity contribution in [1.82, 2.24) is 0 Å². The van der Waals surface area contributed by atoms with Gasteiger partial charge in [-0.2, -0.15) is 0 Å². The van der Waals surface area contributed by atoms with E-state index >= 15 is 0 Å². The predicted molar refractivity (Wildman–Crippen MR) is 97.0 cm³/mol. The van der Waals surface area contributed by atoms with Gasteiger partial charge in [0.15, 0.2) is 6.10 Å². The van der Waals surface area contributed by atoms with Gasteiger partial charge in [-0.05, 0) is 43.0 Å². The predicted octanol–water partition coefficient (Wildman–Crippen LogP) is 4.53. The summed E-state index contributed by atoms with van der Waals surface area (Å²) in [6.07, 6.45) is -0.614. The van der Waals surface area contributed by atoms with Crippen molar-refractivity contribution < 1.29 is 14.3 Å². The number of aryl methyl sites for hydroxylation is 1. The zero-order valence-corrected chi connectivity index (χ0v) is 14.9. The third-order valence-electron chi connectivity index (χ3n) is 3.90. The Balaban J connectivity index is 2.12. The van der Waals surface area contributed by atoms with Crippen LogP contribution in [0.5, 0.6) is 11.5 Å². The van der Waals surface area contributed by atoms with E-state index in [2.05, 4.69) is 19.2 Å². The number of methoxy groups -OCH3 is 1. The fourth-order valence-electron chi connectivity index (χ4n) is 2.50. The van der Waals surface area contributed by atoms with Gasteiger partial charge in [-0.1, -0.05) is 38.1 Å². The standard InChI is InChI=1S/C20H25NO3/c1-13(2)18-11-6-8-14(3)19(18)21-20(22)15(4)24-17-10-7-9-16(12-17)23-5/h6-13,15H,1-5H3,(H,21,22). The van der Waals surface area contributed by atoms with Crippen LogP contribution in [0.15, 0.2) is 42.5 Å². The molecule has 0 saturated carbocycles. The summed E-state index contributed by atoms with van der Waals surface area (Å²) in [6, 6.07) is 13.3. The molecule has 0 aliphatic rings. The van der Waals surface area contributed by atoms with Gasteiger partial charge in [0.05, 0.1) is 7.11 Å². The average molecular weight is 327 g/mol. The van der Waals surface area contributed by atoms with Gasteiger partial charge < -0.3 is 14.8 Å². The van der Waals surface area contributed by atoms with Gasteiger partial charge in [0.25, 0.3) is 5.91 Å². The van der Waals surface area contributed by atoms with Crippen LogP contribution in [0, 0.1) is 6.92 Å². The quantitative estimate of drug-likeness (QED) is 0.848. The third-order valence-corrected chi connectivity index (χ3v) is 3.90. The Morgan fingerprint density at radius 3 is 2.38 bits per heavy atom. The van der Waals surface area contributed by atoms with Crippen LogP contribution in [-0.4, -0.2) is 19.1 Å². The van der Waals surface area contributed by atoms with Crippen LogP contribution < -0.4 is 14.8 Å². The molecule has 0 aromatic heterocycles. The lowest BCUT2D eigenvalue weighted by Gasteiger charge is -2.19. The maximum atomic E-state index is 12.5. The minimum Gasteiger partial charge on any atom is -0.497 e. The summed E-state index contributed by atoms with van der Waals surface area (Å²) in [5.74, 6) is 1.45. The average Bonchev–Trinajstić information content (AvgIpc) is 2.56. The number of hydrogen-bond acceptors (Lipinski definition) is 3. The number of carbonyl (C=O) groups excluding carboxylic acids is 1. The highest BCUT2D eigenvalue weighted by atomic mass is 16.5. The zero-order chi connectivity index (χ0) is 17.7. The summed E-state index contributed by atoms with van der Waals surface area (Å²) < 4.78 is 10.9. The Hall–Kier alpha value is -2.49. The van der Waals surface area contributed by atoms with Crippen LogP contribution in [-0.2, 0) is 4.79 Å². The molecule has 1 amide bonds. The topological polar surface area (TPSA) is 47.6 Å². The molecule has 1 N–H and O–H groups in total. The van der Waals surface area contributed by atoms with Crippen molar-refractivity contribution in [1.29, 1.82) is 0 Å². The molecule has 24 heavy (non-hydrogen) atoms. The number of benzene rings is 2. The molecule has 128 valence electrons. The molecule has 0 fully saturated rings.